The lowest BCUT2D eigenvalue weighted by Crippen LogP contribution is -2.14. The molecular weight excluding hydrogens is 639 g/mol. The van der Waals surface area contributed by atoms with E-state index in [1.54, 1.807) is 6.08 Å². The quantitative estimate of drug-likeness (QED) is 0.135. The number of thiazole rings is 1. The average Bonchev–Trinajstić information content (AvgIpc) is 3.49. The van der Waals surface area contributed by atoms with Gasteiger partial charge in [-0.1, -0.05) is 45.4 Å². The number of carbonyl (C=O) groups excluding carboxylic acids is 1. The van der Waals surface area contributed by atoms with Crippen molar-refractivity contribution in [2.45, 2.75) is 30.9 Å². The number of ether oxygens (including phenoxy) is 1. The van der Waals surface area contributed by atoms with Crippen molar-refractivity contribution in [2.75, 3.05) is 11.1 Å². The lowest BCUT2D eigenvalue weighted by Gasteiger charge is -2.09. The minimum absolute atomic E-state index is 0.0389. The average molecular weight is 659 g/mol. The van der Waals surface area contributed by atoms with Crippen LogP contribution >= 0.6 is 50.6 Å². The number of alkyl halides is 3. The van der Waals surface area contributed by atoms with Crippen LogP contribution in [0.5, 0.6) is 5.75 Å². The molecular formula is C25H20BrClF3N5O2S2. The van der Waals surface area contributed by atoms with Crippen molar-refractivity contribution in [3.05, 3.63) is 92.6 Å². The van der Waals surface area contributed by atoms with E-state index in [0.717, 1.165) is 27.9 Å². The normalized spacial score (nSPS) is 11.4. The van der Waals surface area contributed by atoms with Gasteiger partial charge in [0.25, 0.3) is 0 Å². The fourth-order valence-electron chi connectivity index (χ4n) is 3.33. The molecule has 0 radical (unpaired) electrons. The molecule has 0 aliphatic carbocycles. The lowest BCUT2D eigenvalue weighted by atomic mass is 10.1. The van der Waals surface area contributed by atoms with Crippen molar-refractivity contribution in [3.8, 4) is 5.75 Å². The SMILES string of the molecule is C=CCn1c(COc2ccc(Br)cc2)nnc1SCC(=O)Nc1ncc(Cc2cc(C(F)(F)F)ccc2Cl)s1. The van der Waals surface area contributed by atoms with Gasteiger partial charge in [0.2, 0.25) is 5.91 Å². The molecule has 0 saturated carbocycles. The highest BCUT2D eigenvalue weighted by molar-refractivity contribution is 9.10. The highest BCUT2D eigenvalue weighted by Gasteiger charge is 2.31. The Morgan fingerprint density at radius 1 is 1.23 bits per heavy atom. The molecule has 0 bridgehead atoms. The van der Waals surface area contributed by atoms with Crippen molar-refractivity contribution >= 4 is 61.7 Å². The summed E-state index contributed by atoms with van der Waals surface area (Å²) in [6, 6.07) is 10.6. The summed E-state index contributed by atoms with van der Waals surface area (Å²) in [5.41, 5.74) is -0.450. The molecule has 0 spiro atoms. The van der Waals surface area contributed by atoms with E-state index in [1.807, 2.05) is 28.8 Å². The van der Waals surface area contributed by atoms with E-state index in [2.05, 4.69) is 43.0 Å². The van der Waals surface area contributed by atoms with Crippen molar-refractivity contribution < 1.29 is 22.7 Å². The molecule has 0 saturated heterocycles. The highest BCUT2D eigenvalue weighted by atomic mass is 79.9. The van der Waals surface area contributed by atoms with Crippen molar-refractivity contribution in [2.24, 2.45) is 0 Å². The Labute approximate surface area is 243 Å². The number of aromatic nitrogens is 4. The number of amides is 1. The molecule has 4 rings (SSSR count). The Balaban J connectivity index is 1.33. The van der Waals surface area contributed by atoms with Crippen LogP contribution in [0.1, 0.15) is 21.8 Å². The first-order valence-corrected chi connectivity index (χ1v) is 14.2. The Bertz CT molecular complexity index is 1460. The van der Waals surface area contributed by atoms with Crippen LogP contribution in [0.15, 0.2) is 70.9 Å². The first-order valence-electron chi connectivity index (χ1n) is 11.3. The van der Waals surface area contributed by atoms with Crippen LogP contribution in [0.4, 0.5) is 18.3 Å². The summed E-state index contributed by atoms with van der Waals surface area (Å²) in [6.07, 6.45) is -1.11. The maximum Gasteiger partial charge on any atom is 0.416 e. The molecule has 0 atom stereocenters. The lowest BCUT2D eigenvalue weighted by molar-refractivity contribution is -0.137. The number of hydrogen-bond acceptors (Lipinski definition) is 7. The van der Waals surface area contributed by atoms with Gasteiger partial charge in [-0.05, 0) is 48.0 Å². The van der Waals surface area contributed by atoms with Crippen LogP contribution in [-0.4, -0.2) is 31.4 Å². The molecule has 7 nitrogen and oxygen atoms in total. The molecule has 2 aromatic carbocycles. The molecule has 1 N–H and O–H groups in total. The molecule has 0 aliphatic rings. The smallest absolute Gasteiger partial charge is 0.416 e. The summed E-state index contributed by atoms with van der Waals surface area (Å²) in [5.74, 6) is 0.979. The van der Waals surface area contributed by atoms with Crippen molar-refractivity contribution in [1.29, 1.82) is 0 Å². The van der Waals surface area contributed by atoms with Crippen molar-refractivity contribution in [1.82, 2.24) is 19.7 Å². The summed E-state index contributed by atoms with van der Waals surface area (Å²) < 4.78 is 47.7. The minimum atomic E-state index is -4.47. The second-order valence-corrected chi connectivity index (χ2v) is 11.4. The van der Waals surface area contributed by atoms with Gasteiger partial charge in [-0.3, -0.25) is 9.36 Å². The van der Waals surface area contributed by atoms with Crippen LogP contribution in [0.3, 0.4) is 0 Å². The zero-order valence-electron chi connectivity index (χ0n) is 20.0. The van der Waals surface area contributed by atoms with Crippen LogP contribution in [0.2, 0.25) is 5.02 Å². The van der Waals surface area contributed by atoms with Gasteiger partial charge in [0, 0.05) is 33.5 Å². The third-order valence-electron chi connectivity index (χ3n) is 5.16. The van der Waals surface area contributed by atoms with Gasteiger partial charge in [0.05, 0.1) is 11.3 Å². The number of halogens is 5. The third-order valence-corrected chi connectivity index (χ3v) is 7.93. The number of allylic oxidation sites excluding steroid dienone is 1. The van der Waals surface area contributed by atoms with Crippen LogP contribution in [0.25, 0.3) is 0 Å². The number of hydrogen-bond donors (Lipinski definition) is 1. The Morgan fingerprint density at radius 2 is 2.00 bits per heavy atom. The minimum Gasteiger partial charge on any atom is -0.486 e. The Hall–Kier alpha value is -2.87. The molecule has 39 heavy (non-hydrogen) atoms. The summed E-state index contributed by atoms with van der Waals surface area (Å²) in [4.78, 5) is 17.4. The van der Waals surface area contributed by atoms with E-state index < -0.39 is 11.7 Å². The van der Waals surface area contributed by atoms with E-state index in [-0.39, 0.29) is 29.7 Å². The number of nitrogens with one attached hydrogen (secondary N) is 1. The maximum atomic E-state index is 13.0. The van der Waals surface area contributed by atoms with Gasteiger partial charge >= 0.3 is 6.18 Å². The third kappa shape index (κ3) is 8.07. The number of carbonyl (C=O) groups is 1. The predicted molar refractivity (Wildman–Crippen MR) is 149 cm³/mol. The highest BCUT2D eigenvalue weighted by Crippen LogP contribution is 2.33. The molecule has 14 heteroatoms. The standard InChI is InChI=1S/C25H20BrClF3N5O2S2/c1-2-9-35-21(13-37-18-6-4-17(26)5-7-18)33-34-24(35)38-14-22(36)32-23-31-12-19(39-23)11-15-10-16(25(28,29)30)3-8-20(15)27/h2-8,10,12H,1,9,11,13-14H2,(H,31,32,36). The monoisotopic (exact) mass is 657 g/mol. The second kappa shape index (κ2) is 13.0. The fraction of sp³-hybridized carbons (Fsp3) is 0.200. The molecule has 204 valence electrons. The first-order chi connectivity index (χ1) is 18.6. The first kappa shape index (κ1) is 29.1. The summed E-state index contributed by atoms with van der Waals surface area (Å²) in [7, 11) is 0. The van der Waals surface area contributed by atoms with Gasteiger partial charge in [-0.25, -0.2) is 4.98 Å². The van der Waals surface area contributed by atoms with Gasteiger partial charge in [0.15, 0.2) is 16.1 Å². The number of anilines is 1. The topological polar surface area (TPSA) is 81.9 Å². The molecule has 2 aromatic heterocycles. The van der Waals surface area contributed by atoms with Crippen LogP contribution < -0.4 is 10.1 Å². The van der Waals surface area contributed by atoms with Gasteiger partial charge in [-0.2, -0.15) is 13.2 Å². The predicted octanol–water partition coefficient (Wildman–Crippen LogP) is 7.26. The van der Waals surface area contributed by atoms with E-state index in [0.29, 0.717) is 38.8 Å². The van der Waals surface area contributed by atoms with Gasteiger partial charge in [-0.15, -0.1) is 28.1 Å². The van der Waals surface area contributed by atoms with Gasteiger partial charge < -0.3 is 10.1 Å². The maximum absolute atomic E-state index is 13.0. The molecule has 1 amide bonds. The second-order valence-electron chi connectivity index (χ2n) is 7.99. The fourth-order valence-corrected chi connectivity index (χ4v) is 5.40. The Kier molecular flexibility index (Phi) is 9.70. The molecule has 0 unspecified atom stereocenters. The van der Waals surface area contributed by atoms with Crippen LogP contribution in [-0.2, 0) is 30.5 Å². The molecule has 0 fully saturated rings. The zero-order chi connectivity index (χ0) is 28.0. The van der Waals surface area contributed by atoms with E-state index >= 15 is 0 Å². The zero-order valence-corrected chi connectivity index (χ0v) is 24.0. The summed E-state index contributed by atoms with van der Waals surface area (Å²) in [5, 5.41) is 12.2. The number of thioether (sulfide) groups is 1. The summed E-state index contributed by atoms with van der Waals surface area (Å²) >= 11 is 11.8. The molecule has 2 heterocycles. The molecule has 0 aliphatic heterocycles. The van der Waals surface area contributed by atoms with E-state index in [1.165, 1.54) is 24.0 Å². The number of rotatable bonds is 11. The summed E-state index contributed by atoms with van der Waals surface area (Å²) in [6.45, 7) is 4.39. The van der Waals surface area contributed by atoms with Crippen LogP contribution in [0, 0.1) is 0 Å². The number of benzene rings is 2. The van der Waals surface area contributed by atoms with Gasteiger partial charge in [0.1, 0.15) is 12.4 Å². The number of nitrogens with zero attached hydrogens (tertiary/aromatic N) is 4. The van der Waals surface area contributed by atoms with E-state index in [4.69, 9.17) is 16.3 Å². The van der Waals surface area contributed by atoms with E-state index in [9.17, 15) is 18.0 Å². The Morgan fingerprint density at radius 3 is 2.72 bits per heavy atom. The molecule has 4 aromatic rings. The largest absolute Gasteiger partial charge is 0.486 e. The van der Waals surface area contributed by atoms with Crippen molar-refractivity contribution in [3.63, 3.8) is 0 Å².